The van der Waals surface area contributed by atoms with Crippen LogP contribution in [0.2, 0.25) is 0 Å². The van der Waals surface area contributed by atoms with Crippen molar-refractivity contribution < 1.29 is 23.9 Å². The SMILES string of the molecule is CCCCCCCCCCCCCCCCCCCC(=O)O[C@@H]1C=C2C[C@@H](OC(C)=O)CC[C@]2(C)C2CC[C@]3(C)C(=O)CCC3C21. The fraction of sp³-hybridized carbons (Fsp3) is 0.878. The summed E-state index contributed by atoms with van der Waals surface area (Å²) >= 11 is 0. The van der Waals surface area contributed by atoms with Crippen molar-refractivity contribution >= 4 is 17.7 Å². The van der Waals surface area contributed by atoms with E-state index in [1.54, 1.807) is 0 Å². The Kier molecular flexibility index (Phi) is 14.7. The molecule has 4 rings (SSSR count). The van der Waals surface area contributed by atoms with Crippen molar-refractivity contribution in [2.24, 2.45) is 28.6 Å². The van der Waals surface area contributed by atoms with Gasteiger partial charge in [0.25, 0.3) is 0 Å². The maximum absolute atomic E-state index is 13.2. The number of fused-ring (bicyclic) bond motifs is 5. The molecule has 5 heteroatoms. The zero-order valence-electron chi connectivity index (χ0n) is 30.2. The number of ketones is 1. The highest BCUT2D eigenvalue weighted by atomic mass is 16.5. The first kappa shape index (κ1) is 37.2. The van der Waals surface area contributed by atoms with Gasteiger partial charge in [-0.1, -0.05) is 129 Å². The zero-order valence-corrected chi connectivity index (χ0v) is 30.2. The van der Waals surface area contributed by atoms with Crippen molar-refractivity contribution in [2.75, 3.05) is 0 Å². The van der Waals surface area contributed by atoms with Crippen LogP contribution in [0, 0.1) is 28.6 Å². The molecule has 3 saturated carbocycles. The maximum atomic E-state index is 13.2. The highest BCUT2D eigenvalue weighted by Gasteiger charge is 2.61. The molecular weight excluding hydrogens is 572 g/mol. The van der Waals surface area contributed by atoms with Gasteiger partial charge in [-0.3, -0.25) is 14.4 Å². The van der Waals surface area contributed by atoms with Crippen molar-refractivity contribution in [3.05, 3.63) is 11.6 Å². The normalized spacial score (nSPS) is 31.9. The molecule has 4 aliphatic rings. The van der Waals surface area contributed by atoms with Gasteiger partial charge in [-0.2, -0.15) is 0 Å². The Labute approximate surface area is 281 Å². The summed E-state index contributed by atoms with van der Waals surface area (Å²) in [5, 5.41) is 0. The van der Waals surface area contributed by atoms with Gasteiger partial charge in [-0.05, 0) is 61.9 Å². The lowest BCUT2D eigenvalue weighted by molar-refractivity contribution is -0.161. The van der Waals surface area contributed by atoms with E-state index >= 15 is 0 Å². The molecule has 0 bridgehead atoms. The monoisotopic (exact) mass is 641 g/mol. The number of carbonyl (C=O) groups is 3. The molecule has 0 aromatic rings. The summed E-state index contributed by atoms with van der Waals surface area (Å²) in [5.74, 6) is 0.962. The smallest absolute Gasteiger partial charge is 0.306 e. The third kappa shape index (κ3) is 9.71. The summed E-state index contributed by atoms with van der Waals surface area (Å²) < 4.78 is 12.0. The topological polar surface area (TPSA) is 69.7 Å². The third-order valence-corrected chi connectivity index (χ3v) is 12.9. The summed E-state index contributed by atoms with van der Waals surface area (Å²) in [6, 6.07) is 0. The van der Waals surface area contributed by atoms with Crippen LogP contribution in [0.15, 0.2) is 11.6 Å². The van der Waals surface area contributed by atoms with E-state index in [0.29, 0.717) is 24.5 Å². The molecule has 0 aliphatic heterocycles. The van der Waals surface area contributed by atoms with E-state index in [9.17, 15) is 14.4 Å². The zero-order chi connectivity index (χ0) is 33.0. The summed E-state index contributed by atoms with van der Waals surface area (Å²) in [6.07, 6.45) is 31.0. The number of esters is 2. The quantitative estimate of drug-likeness (QED) is 0.0752. The molecule has 3 fully saturated rings. The lowest BCUT2D eigenvalue weighted by Crippen LogP contribution is -2.55. The summed E-state index contributed by atoms with van der Waals surface area (Å²) in [7, 11) is 0. The molecule has 0 N–H and O–H groups in total. The summed E-state index contributed by atoms with van der Waals surface area (Å²) in [6.45, 7) is 8.33. The minimum absolute atomic E-state index is 0.0186. The van der Waals surface area contributed by atoms with Crippen LogP contribution in [0.25, 0.3) is 0 Å². The van der Waals surface area contributed by atoms with Crippen LogP contribution >= 0.6 is 0 Å². The molecule has 5 nitrogen and oxygen atoms in total. The fourth-order valence-electron chi connectivity index (χ4n) is 10.0. The molecule has 3 unspecified atom stereocenters. The maximum Gasteiger partial charge on any atom is 0.306 e. The molecule has 0 aromatic carbocycles. The highest BCUT2D eigenvalue weighted by molar-refractivity contribution is 5.87. The Morgan fingerprint density at radius 2 is 1.24 bits per heavy atom. The van der Waals surface area contributed by atoms with Crippen LogP contribution < -0.4 is 0 Å². The first-order chi connectivity index (χ1) is 22.2. The number of Topliss-reactive ketones (excluding diaryl/α,β-unsaturated/α-hetero) is 1. The molecule has 7 atom stereocenters. The Hall–Kier alpha value is -1.65. The van der Waals surface area contributed by atoms with E-state index in [1.807, 2.05) is 0 Å². The van der Waals surface area contributed by atoms with Gasteiger partial charge < -0.3 is 9.47 Å². The molecule has 0 aromatic heterocycles. The van der Waals surface area contributed by atoms with Crippen LogP contribution in [0.3, 0.4) is 0 Å². The third-order valence-electron chi connectivity index (χ3n) is 12.9. The Morgan fingerprint density at radius 1 is 0.717 bits per heavy atom. The number of ether oxygens (including phenoxy) is 2. The van der Waals surface area contributed by atoms with Gasteiger partial charge in [0, 0.05) is 37.5 Å². The Morgan fingerprint density at radius 3 is 1.80 bits per heavy atom. The van der Waals surface area contributed by atoms with E-state index < -0.39 is 0 Å². The molecule has 0 heterocycles. The van der Waals surface area contributed by atoms with Gasteiger partial charge in [0.1, 0.15) is 18.0 Å². The van der Waals surface area contributed by atoms with E-state index in [0.717, 1.165) is 51.4 Å². The fourth-order valence-corrected chi connectivity index (χ4v) is 10.0. The van der Waals surface area contributed by atoms with Gasteiger partial charge in [-0.25, -0.2) is 0 Å². The average Bonchev–Trinajstić information content (AvgIpc) is 3.33. The van der Waals surface area contributed by atoms with Gasteiger partial charge in [-0.15, -0.1) is 0 Å². The number of rotatable bonds is 20. The number of carbonyl (C=O) groups excluding carboxylic acids is 3. The van der Waals surface area contributed by atoms with Crippen molar-refractivity contribution in [2.45, 2.75) is 200 Å². The molecule has 46 heavy (non-hydrogen) atoms. The predicted molar refractivity (Wildman–Crippen MR) is 186 cm³/mol. The van der Waals surface area contributed by atoms with Gasteiger partial charge in [0.2, 0.25) is 0 Å². The van der Waals surface area contributed by atoms with E-state index in [1.165, 1.54) is 109 Å². The van der Waals surface area contributed by atoms with Crippen LogP contribution in [0.4, 0.5) is 0 Å². The number of hydrogen-bond acceptors (Lipinski definition) is 5. The van der Waals surface area contributed by atoms with Gasteiger partial charge in [0.15, 0.2) is 0 Å². The number of unbranched alkanes of at least 4 members (excludes halogenated alkanes) is 16. The van der Waals surface area contributed by atoms with Crippen LogP contribution in [-0.2, 0) is 23.9 Å². The van der Waals surface area contributed by atoms with E-state index in [4.69, 9.17) is 9.47 Å². The van der Waals surface area contributed by atoms with Crippen molar-refractivity contribution in [1.29, 1.82) is 0 Å². The second kappa shape index (κ2) is 18.2. The standard InChI is InChI=1S/C41H68O5/c1-5-6-7-8-9-10-11-12-13-14-15-16-17-18-19-20-21-22-38(44)46-36-30-32-29-33(45-31(2)42)25-27-40(32,3)35-26-28-41(4)34(39(35)36)23-24-37(41)43/h30,33-36,39H,5-29H2,1-4H3/t33-,34?,35?,36+,39?,40-,41-/m0/s1. The number of hydrogen-bond donors (Lipinski definition) is 0. The summed E-state index contributed by atoms with van der Waals surface area (Å²) in [4.78, 5) is 38.0. The largest absolute Gasteiger partial charge is 0.462 e. The molecule has 0 amide bonds. The predicted octanol–water partition coefficient (Wildman–Crippen LogP) is 11.0. The van der Waals surface area contributed by atoms with Crippen LogP contribution in [0.1, 0.15) is 188 Å². The van der Waals surface area contributed by atoms with E-state index in [2.05, 4.69) is 26.8 Å². The van der Waals surface area contributed by atoms with Gasteiger partial charge >= 0.3 is 11.9 Å². The second-order valence-electron chi connectivity index (χ2n) is 16.2. The molecule has 0 spiro atoms. The molecule has 0 radical (unpaired) electrons. The van der Waals surface area contributed by atoms with Crippen molar-refractivity contribution in [1.82, 2.24) is 0 Å². The summed E-state index contributed by atoms with van der Waals surface area (Å²) in [5.41, 5.74) is 1.04. The van der Waals surface area contributed by atoms with Gasteiger partial charge in [0.05, 0.1) is 0 Å². The molecule has 262 valence electrons. The molecule has 4 aliphatic carbocycles. The Bertz CT molecular complexity index is 1020. The first-order valence-corrected chi connectivity index (χ1v) is 19.8. The molecule has 0 saturated heterocycles. The van der Waals surface area contributed by atoms with Crippen molar-refractivity contribution in [3.8, 4) is 0 Å². The van der Waals surface area contributed by atoms with Crippen molar-refractivity contribution in [3.63, 3.8) is 0 Å². The van der Waals surface area contributed by atoms with E-state index in [-0.39, 0.29) is 46.8 Å². The molecular formula is C41H68O5. The highest BCUT2D eigenvalue weighted by Crippen LogP contribution is 2.64. The van der Waals surface area contributed by atoms with Crippen LogP contribution in [-0.4, -0.2) is 29.9 Å². The lowest BCUT2D eigenvalue weighted by Gasteiger charge is -2.58. The average molecular weight is 641 g/mol. The second-order valence-corrected chi connectivity index (χ2v) is 16.2. The lowest BCUT2D eigenvalue weighted by atomic mass is 9.47. The minimum atomic E-state index is -0.282. The Balaban J connectivity index is 1.17. The van der Waals surface area contributed by atoms with Crippen LogP contribution in [0.5, 0.6) is 0 Å². The minimum Gasteiger partial charge on any atom is -0.462 e. The first-order valence-electron chi connectivity index (χ1n) is 19.8.